The van der Waals surface area contributed by atoms with Gasteiger partial charge >= 0.3 is 0 Å². The summed E-state index contributed by atoms with van der Waals surface area (Å²) in [6.45, 7) is 9.45. The summed E-state index contributed by atoms with van der Waals surface area (Å²) in [6.07, 6.45) is 0. The number of fused-ring (bicyclic) bond motifs is 7. The highest BCUT2D eigenvalue weighted by atomic mass is 15.2. The Hall–Kier alpha value is -10.7. The van der Waals surface area contributed by atoms with Gasteiger partial charge in [0.25, 0.3) is 0 Å². The zero-order valence-corrected chi connectivity index (χ0v) is 48.8. The molecule has 13 aromatic rings. The van der Waals surface area contributed by atoms with Crippen molar-refractivity contribution in [3.05, 3.63) is 338 Å². The van der Waals surface area contributed by atoms with Crippen molar-refractivity contribution in [2.75, 3.05) is 19.6 Å². The minimum Gasteiger partial charge on any atom is -0.311 e. The predicted molar refractivity (Wildman–Crippen MR) is 363 cm³/mol. The molecule has 13 aromatic carbocycles. The van der Waals surface area contributed by atoms with E-state index in [1.165, 1.54) is 60.8 Å². The van der Waals surface area contributed by atoms with Gasteiger partial charge in [-0.05, 0) is 201 Å². The Bertz CT molecular complexity index is 4530. The largest absolute Gasteiger partial charge is 0.311 e. The molecule has 0 fully saturated rings. The fourth-order valence-corrected chi connectivity index (χ4v) is 13.8. The fraction of sp³-hybridized carbons (Fsp3) is 0.0732. The van der Waals surface area contributed by atoms with Crippen molar-refractivity contribution < 1.29 is 0 Å². The first-order valence-electron chi connectivity index (χ1n) is 29.9. The highest BCUT2D eigenvalue weighted by molar-refractivity contribution is 6.06. The number of rotatable bonds is 13. The van der Waals surface area contributed by atoms with Gasteiger partial charge < -0.3 is 19.6 Å². The van der Waals surface area contributed by atoms with Crippen LogP contribution in [0.1, 0.15) is 49.9 Å². The lowest BCUT2D eigenvalue weighted by molar-refractivity contribution is 0.660. The van der Waals surface area contributed by atoms with Crippen LogP contribution < -0.4 is 19.6 Å². The van der Waals surface area contributed by atoms with Crippen LogP contribution in [-0.2, 0) is 10.8 Å². The van der Waals surface area contributed by atoms with Crippen molar-refractivity contribution in [3.63, 3.8) is 0 Å². The quantitative estimate of drug-likeness (QED) is 0.114. The number of nitrogens with zero attached hydrogens (tertiary/aromatic N) is 4. The van der Waals surface area contributed by atoms with Crippen molar-refractivity contribution in [1.82, 2.24) is 0 Å². The van der Waals surface area contributed by atoms with Crippen molar-refractivity contribution >= 4 is 79.0 Å². The third-order valence-corrected chi connectivity index (χ3v) is 18.0. The van der Waals surface area contributed by atoms with Crippen LogP contribution >= 0.6 is 0 Å². The lowest BCUT2D eigenvalue weighted by Crippen LogP contribution is -2.17. The predicted octanol–water partition coefficient (Wildman–Crippen LogP) is 23.0. The molecule has 0 amide bonds. The van der Waals surface area contributed by atoms with Crippen molar-refractivity contribution in [1.29, 1.82) is 0 Å². The minimum absolute atomic E-state index is 0.158. The molecule has 2 aliphatic carbocycles. The van der Waals surface area contributed by atoms with E-state index >= 15 is 0 Å². The Morgan fingerprint density at radius 2 is 0.488 bits per heavy atom. The van der Waals surface area contributed by atoms with Gasteiger partial charge in [-0.3, -0.25) is 0 Å². The summed E-state index contributed by atoms with van der Waals surface area (Å²) >= 11 is 0. The topological polar surface area (TPSA) is 13.0 Å². The van der Waals surface area contributed by atoms with E-state index in [1.54, 1.807) is 0 Å². The molecule has 0 saturated carbocycles. The third kappa shape index (κ3) is 8.92. The van der Waals surface area contributed by atoms with Crippen molar-refractivity contribution in [3.8, 4) is 33.4 Å². The summed E-state index contributed by atoms with van der Waals surface area (Å²) in [5.41, 5.74) is 25.8. The monoisotopic (exact) mass is 1100 g/mol. The average Bonchev–Trinajstić information content (AvgIpc) is 1.62. The normalized spacial score (nSPS) is 13.1. The van der Waals surface area contributed by atoms with Crippen LogP contribution in [0.4, 0.5) is 68.2 Å². The van der Waals surface area contributed by atoms with Gasteiger partial charge in [0, 0.05) is 78.8 Å². The van der Waals surface area contributed by atoms with E-state index in [0.717, 1.165) is 73.8 Å². The number of anilines is 12. The van der Waals surface area contributed by atoms with Gasteiger partial charge in [0.15, 0.2) is 0 Å². The van der Waals surface area contributed by atoms with Gasteiger partial charge in [-0.15, -0.1) is 0 Å². The van der Waals surface area contributed by atoms with Crippen LogP contribution in [0.3, 0.4) is 0 Å². The number of hydrogen-bond acceptors (Lipinski definition) is 4. The first-order valence-corrected chi connectivity index (χ1v) is 29.9. The van der Waals surface area contributed by atoms with E-state index in [1.807, 2.05) is 0 Å². The molecule has 0 saturated heterocycles. The Kier molecular flexibility index (Phi) is 12.8. The molecule has 0 N–H and O–H groups in total. The maximum atomic E-state index is 2.46. The van der Waals surface area contributed by atoms with Gasteiger partial charge in [0.05, 0.1) is 5.69 Å². The standard InChI is InChI=1S/C82H64N4/c1-81(2)76-36-19-17-31-71(76)73-53-51-67(55-78(73)81)85(65-45-43-63(44-46-65)83(58-23-9-5-10-24-58)59-25-11-6-12-26-59)62-41-39-57(40-42-62)69-33-21-35-75-70(69)34-22-38-80(75)86(68-52-54-74-72-32-18-20-37-77(72)82(3,4)79(74)56-68)66-49-47-64(48-50-66)84(60-27-13-7-14-28-60)61-29-15-8-16-30-61/h5-56H,1-4H3. The smallest absolute Gasteiger partial charge is 0.0540 e. The molecule has 4 nitrogen and oxygen atoms in total. The van der Waals surface area contributed by atoms with E-state index < -0.39 is 0 Å². The first kappa shape index (κ1) is 52.1. The van der Waals surface area contributed by atoms with Gasteiger partial charge in [-0.2, -0.15) is 0 Å². The second-order valence-electron chi connectivity index (χ2n) is 23.7. The molecule has 412 valence electrons. The number of hydrogen-bond donors (Lipinski definition) is 0. The molecule has 0 spiro atoms. The van der Waals surface area contributed by atoms with E-state index in [0.29, 0.717) is 0 Å². The van der Waals surface area contributed by atoms with Gasteiger partial charge in [-0.25, -0.2) is 0 Å². The van der Waals surface area contributed by atoms with Crippen LogP contribution in [0, 0.1) is 0 Å². The zero-order chi connectivity index (χ0) is 57.9. The summed E-state index contributed by atoms with van der Waals surface area (Å²) in [6, 6.07) is 115. The molecule has 0 aliphatic heterocycles. The Morgan fingerprint density at radius 1 is 0.198 bits per heavy atom. The van der Waals surface area contributed by atoms with E-state index in [9.17, 15) is 0 Å². The third-order valence-electron chi connectivity index (χ3n) is 18.0. The lowest BCUT2D eigenvalue weighted by atomic mass is 9.82. The van der Waals surface area contributed by atoms with Gasteiger partial charge in [0.2, 0.25) is 0 Å². The van der Waals surface area contributed by atoms with Crippen LogP contribution in [0.2, 0.25) is 0 Å². The first-order chi connectivity index (χ1) is 42.2. The van der Waals surface area contributed by atoms with E-state index in [2.05, 4.69) is 363 Å². The average molecular weight is 1110 g/mol. The molecule has 0 radical (unpaired) electrons. The zero-order valence-electron chi connectivity index (χ0n) is 48.8. The molecule has 0 atom stereocenters. The second-order valence-corrected chi connectivity index (χ2v) is 23.7. The molecule has 4 heteroatoms. The van der Waals surface area contributed by atoms with Crippen LogP contribution in [0.5, 0.6) is 0 Å². The summed E-state index contributed by atoms with van der Waals surface area (Å²) in [5.74, 6) is 0. The minimum atomic E-state index is -0.171. The van der Waals surface area contributed by atoms with Crippen molar-refractivity contribution in [2.45, 2.75) is 38.5 Å². The van der Waals surface area contributed by atoms with Gasteiger partial charge in [-0.1, -0.05) is 204 Å². The summed E-state index contributed by atoms with van der Waals surface area (Å²) < 4.78 is 0. The highest BCUT2D eigenvalue weighted by Gasteiger charge is 2.37. The Morgan fingerprint density at radius 3 is 0.919 bits per heavy atom. The molecule has 0 aromatic heterocycles. The molecular formula is C82H64N4. The number of benzene rings is 13. The molecule has 2 aliphatic rings. The lowest BCUT2D eigenvalue weighted by Gasteiger charge is -2.30. The van der Waals surface area contributed by atoms with Crippen LogP contribution in [0.15, 0.2) is 315 Å². The second kappa shape index (κ2) is 21.2. The molecule has 86 heavy (non-hydrogen) atoms. The maximum absolute atomic E-state index is 2.46. The molecule has 0 heterocycles. The van der Waals surface area contributed by atoms with Crippen LogP contribution in [0.25, 0.3) is 44.2 Å². The van der Waals surface area contributed by atoms with Crippen LogP contribution in [-0.4, -0.2) is 0 Å². The van der Waals surface area contributed by atoms with Gasteiger partial charge in [0.1, 0.15) is 0 Å². The maximum Gasteiger partial charge on any atom is 0.0540 e. The SMILES string of the molecule is CC1(C)c2ccccc2-c2ccc(N(c3ccc(-c4cccc5c(N(c6ccc(N(c7ccccc7)c7ccccc7)cc6)c6ccc7c(c6)C(C)(C)c6ccccc6-7)cccc45)cc3)c3ccc(N(c4ccccc4)c4ccccc4)cc3)cc21. The molecule has 15 rings (SSSR count). The number of para-hydroxylation sites is 4. The highest BCUT2D eigenvalue weighted by Crippen LogP contribution is 2.53. The van der Waals surface area contributed by atoms with E-state index in [4.69, 9.17) is 0 Å². The summed E-state index contributed by atoms with van der Waals surface area (Å²) in [5, 5.41) is 2.35. The fourth-order valence-electron chi connectivity index (χ4n) is 13.8. The van der Waals surface area contributed by atoms with E-state index in [-0.39, 0.29) is 10.8 Å². The molecular weight excluding hydrogens is 1040 g/mol. The molecule has 0 unspecified atom stereocenters. The Balaban J connectivity index is 0.835. The molecule has 0 bridgehead atoms. The van der Waals surface area contributed by atoms with Crippen molar-refractivity contribution in [2.24, 2.45) is 0 Å². The summed E-state index contributed by atoms with van der Waals surface area (Å²) in [4.78, 5) is 9.53. The summed E-state index contributed by atoms with van der Waals surface area (Å²) in [7, 11) is 0. The Labute approximate surface area is 505 Å².